The van der Waals surface area contributed by atoms with Crippen LogP contribution in [0.4, 0.5) is 0 Å². The highest BCUT2D eigenvalue weighted by atomic mass is 16.5. The number of ether oxygens (including phenoxy) is 1. The zero-order valence-electron chi connectivity index (χ0n) is 11.4. The molecule has 1 aliphatic rings. The average Bonchev–Trinajstić information content (AvgIpc) is 3.07. The number of hydrogen-bond acceptors (Lipinski definition) is 6. The summed E-state index contributed by atoms with van der Waals surface area (Å²) in [4.78, 5) is 18.2. The van der Waals surface area contributed by atoms with E-state index in [0.717, 1.165) is 19.5 Å². The van der Waals surface area contributed by atoms with E-state index in [1.807, 2.05) is 6.92 Å². The zero-order valence-corrected chi connectivity index (χ0v) is 11.4. The molecule has 7 nitrogen and oxygen atoms in total. The molecule has 1 atom stereocenters. The normalized spacial score (nSPS) is 18.7. The van der Waals surface area contributed by atoms with Crippen LogP contribution in [-0.4, -0.2) is 47.7 Å². The quantitative estimate of drug-likeness (QED) is 0.792. The van der Waals surface area contributed by atoms with Gasteiger partial charge in [-0.3, -0.25) is 4.79 Å². The summed E-state index contributed by atoms with van der Waals surface area (Å²) in [6.07, 6.45) is 0.897. The Morgan fingerprint density at radius 2 is 2.47 bits per heavy atom. The lowest BCUT2D eigenvalue weighted by molar-refractivity contribution is -0.135. The van der Waals surface area contributed by atoms with Gasteiger partial charge in [-0.05, 0) is 19.9 Å². The predicted molar refractivity (Wildman–Crippen MR) is 67.1 cm³/mol. The van der Waals surface area contributed by atoms with E-state index in [-0.39, 0.29) is 11.8 Å². The Morgan fingerprint density at radius 1 is 1.63 bits per heavy atom. The maximum atomic E-state index is 12.3. The highest BCUT2D eigenvalue weighted by Crippen LogP contribution is 2.13. The van der Waals surface area contributed by atoms with Crippen LogP contribution in [0.5, 0.6) is 0 Å². The molecule has 0 radical (unpaired) electrons. The minimum absolute atomic E-state index is 0.0707. The minimum atomic E-state index is 0.0707. The van der Waals surface area contributed by atoms with Gasteiger partial charge in [-0.2, -0.15) is 4.98 Å². The van der Waals surface area contributed by atoms with E-state index in [1.165, 1.54) is 0 Å². The van der Waals surface area contributed by atoms with Gasteiger partial charge < -0.3 is 19.5 Å². The fourth-order valence-corrected chi connectivity index (χ4v) is 2.17. The van der Waals surface area contributed by atoms with Crippen molar-refractivity contribution in [3.8, 4) is 0 Å². The Labute approximate surface area is 112 Å². The molecule has 0 spiro atoms. The van der Waals surface area contributed by atoms with Gasteiger partial charge >= 0.3 is 0 Å². The first-order valence-electron chi connectivity index (χ1n) is 6.54. The van der Waals surface area contributed by atoms with Crippen LogP contribution < -0.4 is 5.32 Å². The van der Waals surface area contributed by atoms with Crippen LogP contribution in [0.15, 0.2) is 4.52 Å². The van der Waals surface area contributed by atoms with Gasteiger partial charge in [0.05, 0.1) is 12.5 Å². The molecule has 1 aromatic rings. The predicted octanol–water partition coefficient (Wildman–Crippen LogP) is 0.174. The molecule has 2 heterocycles. The summed E-state index contributed by atoms with van der Waals surface area (Å²) in [6.45, 7) is 4.93. The largest absolute Gasteiger partial charge is 0.377 e. The molecule has 1 amide bonds. The Balaban J connectivity index is 1.95. The monoisotopic (exact) mass is 268 g/mol. The molecule has 106 valence electrons. The van der Waals surface area contributed by atoms with Crippen molar-refractivity contribution in [3.63, 3.8) is 0 Å². The molecule has 1 fully saturated rings. The summed E-state index contributed by atoms with van der Waals surface area (Å²) < 4.78 is 10.0. The van der Waals surface area contributed by atoms with Crippen LogP contribution in [-0.2, 0) is 22.7 Å². The van der Waals surface area contributed by atoms with Crippen molar-refractivity contribution in [1.82, 2.24) is 20.4 Å². The van der Waals surface area contributed by atoms with E-state index in [2.05, 4.69) is 15.5 Å². The molecule has 1 saturated heterocycles. The van der Waals surface area contributed by atoms with Crippen LogP contribution in [0, 0.1) is 5.92 Å². The van der Waals surface area contributed by atoms with E-state index in [4.69, 9.17) is 9.26 Å². The lowest BCUT2D eigenvalue weighted by Crippen LogP contribution is -2.36. The summed E-state index contributed by atoms with van der Waals surface area (Å²) in [5, 5.41) is 6.99. The molecular formula is C12H20N4O3. The van der Waals surface area contributed by atoms with Crippen molar-refractivity contribution in [2.24, 2.45) is 5.92 Å². The summed E-state index contributed by atoms with van der Waals surface area (Å²) in [6, 6.07) is 0. The Bertz CT molecular complexity index is 415. The fourth-order valence-electron chi connectivity index (χ4n) is 2.17. The molecule has 7 heteroatoms. The van der Waals surface area contributed by atoms with Crippen molar-refractivity contribution >= 4 is 5.91 Å². The maximum Gasteiger partial charge on any atom is 0.246 e. The average molecular weight is 268 g/mol. The van der Waals surface area contributed by atoms with E-state index in [9.17, 15) is 4.79 Å². The first-order chi connectivity index (χ1) is 9.24. The number of rotatable bonds is 6. The minimum Gasteiger partial charge on any atom is -0.377 e. The molecule has 19 heavy (non-hydrogen) atoms. The van der Waals surface area contributed by atoms with Gasteiger partial charge in [0, 0.05) is 20.2 Å². The molecule has 1 aromatic heterocycles. The van der Waals surface area contributed by atoms with Crippen LogP contribution >= 0.6 is 0 Å². The van der Waals surface area contributed by atoms with Gasteiger partial charge in [0.25, 0.3) is 0 Å². The Morgan fingerprint density at radius 3 is 3.11 bits per heavy atom. The van der Waals surface area contributed by atoms with Gasteiger partial charge in [0.15, 0.2) is 5.82 Å². The van der Waals surface area contributed by atoms with Gasteiger partial charge in [-0.1, -0.05) is 5.16 Å². The molecule has 0 bridgehead atoms. The van der Waals surface area contributed by atoms with E-state index in [1.54, 1.807) is 12.0 Å². The van der Waals surface area contributed by atoms with Gasteiger partial charge in [-0.25, -0.2) is 0 Å². The molecule has 1 N–H and O–H groups in total. The maximum absolute atomic E-state index is 12.3. The van der Waals surface area contributed by atoms with Crippen molar-refractivity contribution in [1.29, 1.82) is 0 Å². The summed E-state index contributed by atoms with van der Waals surface area (Å²) in [5.41, 5.74) is 0. The second kappa shape index (κ2) is 6.63. The lowest BCUT2D eigenvalue weighted by atomic mass is 10.1. The smallest absolute Gasteiger partial charge is 0.246 e. The first kappa shape index (κ1) is 14.0. The number of carbonyl (C=O) groups excluding carboxylic acids is 1. The number of methoxy groups -OCH3 is 1. The summed E-state index contributed by atoms with van der Waals surface area (Å²) in [7, 11) is 1.57. The van der Waals surface area contributed by atoms with Gasteiger partial charge in [0.2, 0.25) is 11.8 Å². The zero-order chi connectivity index (χ0) is 13.7. The van der Waals surface area contributed by atoms with Crippen LogP contribution in [0.25, 0.3) is 0 Å². The van der Waals surface area contributed by atoms with E-state index in [0.29, 0.717) is 31.4 Å². The molecule has 0 aromatic carbocycles. The van der Waals surface area contributed by atoms with Crippen molar-refractivity contribution in [3.05, 3.63) is 11.7 Å². The molecule has 1 unspecified atom stereocenters. The second-order valence-corrected chi connectivity index (χ2v) is 4.58. The van der Waals surface area contributed by atoms with Crippen molar-refractivity contribution in [2.45, 2.75) is 26.5 Å². The molecule has 0 saturated carbocycles. The Hall–Kier alpha value is -1.47. The number of amides is 1. The number of carbonyl (C=O) groups is 1. The third kappa shape index (κ3) is 3.51. The van der Waals surface area contributed by atoms with E-state index < -0.39 is 0 Å². The molecule has 1 aliphatic heterocycles. The lowest BCUT2D eigenvalue weighted by Gasteiger charge is -2.22. The van der Waals surface area contributed by atoms with Gasteiger partial charge in [-0.15, -0.1) is 0 Å². The van der Waals surface area contributed by atoms with Crippen LogP contribution in [0.1, 0.15) is 25.1 Å². The number of hydrogen-bond donors (Lipinski definition) is 1. The third-order valence-corrected chi connectivity index (χ3v) is 3.21. The second-order valence-electron chi connectivity index (χ2n) is 4.58. The topological polar surface area (TPSA) is 80.5 Å². The highest BCUT2D eigenvalue weighted by Gasteiger charge is 2.27. The highest BCUT2D eigenvalue weighted by molar-refractivity contribution is 5.79. The summed E-state index contributed by atoms with van der Waals surface area (Å²) in [5.74, 6) is 1.18. The van der Waals surface area contributed by atoms with E-state index >= 15 is 0 Å². The molecule has 2 rings (SSSR count). The molecule has 0 aliphatic carbocycles. The number of nitrogens with one attached hydrogen (secondary N) is 1. The SMILES string of the molecule is CCN(Cc1nc(COC)no1)C(=O)C1CCNC1. The fraction of sp³-hybridized carbons (Fsp3) is 0.750. The molecular weight excluding hydrogens is 248 g/mol. The third-order valence-electron chi connectivity index (χ3n) is 3.21. The Kier molecular flexibility index (Phi) is 4.86. The standard InChI is InChI=1S/C12H20N4O3/c1-3-16(12(17)9-4-5-13-6-9)7-11-14-10(8-18-2)15-19-11/h9,13H,3-8H2,1-2H3. The summed E-state index contributed by atoms with van der Waals surface area (Å²) >= 11 is 0. The number of aromatic nitrogens is 2. The number of nitrogens with zero attached hydrogens (tertiary/aromatic N) is 3. The van der Waals surface area contributed by atoms with Crippen LogP contribution in [0.2, 0.25) is 0 Å². The van der Waals surface area contributed by atoms with Crippen LogP contribution in [0.3, 0.4) is 0 Å². The van der Waals surface area contributed by atoms with Gasteiger partial charge in [0.1, 0.15) is 6.61 Å². The first-order valence-corrected chi connectivity index (χ1v) is 6.54. The van der Waals surface area contributed by atoms with Crippen molar-refractivity contribution in [2.75, 3.05) is 26.7 Å². The van der Waals surface area contributed by atoms with Crippen molar-refractivity contribution < 1.29 is 14.1 Å².